The maximum absolute atomic E-state index is 14.0. The lowest BCUT2D eigenvalue weighted by atomic mass is 9.81. The molecule has 0 heterocycles. The van der Waals surface area contributed by atoms with Crippen LogP contribution in [-0.2, 0) is 38.1 Å². The summed E-state index contributed by atoms with van der Waals surface area (Å²) in [7, 11) is 0. The van der Waals surface area contributed by atoms with Crippen molar-refractivity contribution in [3.8, 4) is 0 Å². The van der Waals surface area contributed by atoms with Gasteiger partial charge in [-0.1, -0.05) is 336 Å². The van der Waals surface area contributed by atoms with E-state index in [2.05, 4.69) is 27.7 Å². The summed E-state index contributed by atoms with van der Waals surface area (Å²) in [6.45, 7) is 8.74. The summed E-state index contributed by atoms with van der Waals surface area (Å²) in [5, 5.41) is 74.7. The number of esters is 4. The Kier molecular flexibility index (Phi) is 54.2. The van der Waals surface area contributed by atoms with E-state index in [1.807, 2.05) is 0 Å². The lowest BCUT2D eigenvalue weighted by molar-refractivity contribution is -0.779. The normalized spacial score (nSPS) is 13.5. The van der Waals surface area contributed by atoms with Gasteiger partial charge in [0.15, 0.2) is 0 Å². The highest BCUT2D eigenvalue weighted by molar-refractivity contribution is 5.73. The van der Waals surface area contributed by atoms with Gasteiger partial charge in [-0.2, -0.15) is 0 Å². The Hall–Kier alpha value is -3.48. The number of aliphatic hydroxyl groups excluding tert-OH is 2. The summed E-state index contributed by atoms with van der Waals surface area (Å²) in [6, 6.07) is 0. The number of ether oxygens (including phenoxy) is 4. The van der Waals surface area contributed by atoms with Crippen LogP contribution >= 0.6 is 0 Å². The maximum atomic E-state index is 14.0. The lowest BCUT2D eigenvalue weighted by Crippen LogP contribution is -2.84. The molecule has 18 heteroatoms. The van der Waals surface area contributed by atoms with Crippen LogP contribution in [0.5, 0.6) is 0 Å². The molecule has 0 saturated heterocycles. The number of carbonyl (C=O) groups excluding carboxylic acids is 4. The Morgan fingerprint density at radius 2 is 0.517 bits per heavy atom. The molecule has 0 aromatic carbocycles. The molecule has 0 aromatic rings. The second kappa shape index (κ2) is 56.5. The van der Waals surface area contributed by atoms with Crippen molar-refractivity contribution < 1.29 is 68.4 Å². The summed E-state index contributed by atoms with van der Waals surface area (Å²) in [5.74, 6) is -10.7. The van der Waals surface area contributed by atoms with Crippen LogP contribution in [0, 0.1) is 20.2 Å². The van der Waals surface area contributed by atoms with Crippen molar-refractivity contribution in [2.45, 2.75) is 417 Å². The van der Waals surface area contributed by atoms with E-state index in [9.17, 15) is 59.8 Å². The van der Waals surface area contributed by atoms with Gasteiger partial charge in [0.05, 0.1) is 9.85 Å². The predicted molar refractivity (Wildman–Crippen MR) is 344 cm³/mol. The SMILES string of the molecule is CCCCCCCCCCCCCCCC(=O)OC(O)C(OC(=O)CCCCCCCCCCCCCCC)([N+](=O)[O-])C(C(O)O)([N+](=O)[O-])C(O)(OC(=O)CCCCCCCCCCCCCCC)OC(=O)CCCCCCCCCCCCCCC. The van der Waals surface area contributed by atoms with E-state index in [1.54, 1.807) is 0 Å². The molecule has 0 aliphatic rings. The zero-order valence-electron chi connectivity index (χ0n) is 55.8. The van der Waals surface area contributed by atoms with Crippen molar-refractivity contribution in [2.75, 3.05) is 0 Å². The molecule has 0 aromatic heterocycles. The van der Waals surface area contributed by atoms with Crippen molar-refractivity contribution in [3.63, 3.8) is 0 Å². The van der Waals surface area contributed by atoms with Gasteiger partial charge in [0.25, 0.3) is 0 Å². The lowest BCUT2D eigenvalue weighted by Gasteiger charge is -2.43. The van der Waals surface area contributed by atoms with Crippen molar-refractivity contribution in [1.82, 2.24) is 0 Å². The maximum Gasteiger partial charge on any atom is 0.513 e. The number of unbranched alkanes of at least 4 members (excludes halogenated alkanes) is 48. The molecule has 18 nitrogen and oxygen atoms in total. The highest BCUT2D eigenvalue weighted by atomic mass is 16.9. The van der Waals surface area contributed by atoms with Crippen LogP contribution in [0.25, 0.3) is 0 Å². The molecule has 4 N–H and O–H groups in total. The first-order valence-electron chi connectivity index (χ1n) is 36.0. The number of hydrogen-bond donors (Lipinski definition) is 4. The van der Waals surface area contributed by atoms with Crippen LogP contribution in [0.3, 0.4) is 0 Å². The van der Waals surface area contributed by atoms with E-state index < -0.39 is 89.2 Å². The average Bonchev–Trinajstić information content (AvgIpc) is 0.756. The first-order valence-corrected chi connectivity index (χ1v) is 36.0. The molecule has 0 aliphatic heterocycles. The zero-order valence-corrected chi connectivity index (χ0v) is 55.8. The third-order valence-corrected chi connectivity index (χ3v) is 17.3. The van der Waals surface area contributed by atoms with Gasteiger partial charge < -0.3 is 39.4 Å². The summed E-state index contributed by atoms with van der Waals surface area (Å²) in [5.41, 5.74) is -9.67. The minimum Gasteiger partial charge on any atom is -0.423 e. The van der Waals surface area contributed by atoms with Crippen LogP contribution in [-0.4, -0.2) is 84.0 Å². The summed E-state index contributed by atoms with van der Waals surface area (Å²) < 4.78 is 20.8. The van der Waals surface area contributed by atoms with E-state index in [4.69, 9.17) is 18.9 Å². The Bertz CT molecular complexity index is 1660. The number of rotatable bonds is 66. The third-order valence-electron chi connectivity index (χ3n) is 17.3. The van der Waals surface area contributed by atoms with Crippen molar-refractivity contribution in [1.29, 1.82) is 0 Å². The minimum atomic E-state index is -4.93. The molecule has 0 amide bonds. The van der Waals surface area contributed by atoms with Gasteiger partial charge in [0.2, 0.25) is 6.29 Å². The zero-order chi connectivity index (χ0) is 64.5. The van der Waals surface area contributed by atoms with E-state index in [1.165, 1.54) is 135 Å². The van der Waals surface area contributed by atoms with E-state index in [0.29, 0.717) is 44.9 Å². The fourth-order valence-electron chi connectivity index (χ4n) is 11.7. The molecule has 3 unspecified atom stereocenters. The monoisotopic (exact) mass is 1240 g/mol. The van der Waals surface area contributed by atoms with Gasteiger partial charge in [0.1, 0.15) is 0 Å². The molecule has 0 saturated carbocycles. The molecule has 3 atom stereocenters. The minimum absolute atomic E-state index is 0.0264. The van der Waals surface area contributed by atoms with Crippen molar-refractivity contribution in [2.24, 2.45) is 0 Å². The molecule has 0 bridgehead atoms. The van der Waals surface area contributed by atoms with Crippen molar-refractivity contribution in [3.05, 3.63) is 20.2 Å². The summed E-state index contributed by atoms with van der Waals surface area (Å²) in [4.78, 5) is 79.1. The van der Waals surface area contributed by atoms with Crippen LogP contribution in [0.2, 0.25) is 0 Å². The number of hydrogen-bond acceptors (Lipinski definition) is 16. The van der Waals surface area contributed by atoms with Gasteiger partial charge in [-0.25, -0.2) is 0 Å². The van der Waals surface area contributed by atoms with E-state index in [0.717, 1.165) is 128 Å². The molecule has 512 valence electrons. The smallest absolute Gasteiger partial charge is 0.423 e. The van der Waals surface area contributed by atoms with Crippen molar-refractivity contribution >= 4 is 23.9 Å². The Balaban J connectivity index is 6.75. The topological polar surface area (TPSA) is 272 Å². The highest BCUT2D eigenvalue weighted by Gasteiger charge is 2.95. The van der Waals surface area contributed by atoms with Crippen LogP contribution in [0.15, 0.2) is 0 Å². The molecule has 0 fully saturated rings. The third kappa shape index (κ3) is 38.7. The van der Waals surface area contributed by atoms with Gasteiger partial charge in [-0.05, 0) is 25.7 Å². The van der Waals surface area contributed by atoms with E-state index >= 15 is 0 Å². The fraction of sp³-hybridized carbons (Fsp3) is 0.942. The molecule has 0 spiro atoms. The summed E-state index contributed by atoms with van der Waals surface area (Å²) >= 11 is 0. The molecule has 0 rings (SSSR count). The number of nitro groups is 2. The molecular weight excluding hydrogens is 1110 g/mol. The Labute approximate surface area is 527 Å². The predicted octanol–water partition coefficient (Wildman–Crippen LogP) is 18.3. The van der Waals surface area contributed by atoms with Gasteiger partial charge in [0, 0.05) is 25.7 Å². The molecule has 0 radical (unpaired) electrons. The Morgan fingerprint density at radius 1 is 0.322 bits per heavy atom. The number of nitrogens with zero attached hydrogens (tertiary/aromatic N) is 2. The second-order valence-electron chi connectivity index (χ2n) is 25.2. The first kappa shape index (κ1) is 83.5. The summed E-state index contributed by atoms with van der Waals surface area (Å²) in [6.07, 6.45) is 40.0. The van der Waals surface area contributed by atoms with Crippen LogP contribution in [0.1, 0.15) is 387 Å². The quantitative estimate of drug-likeness (QED) is 0.0110. The molecule has 0 aliphatic carbocycles. The average molecular weight is 1240 g/mol. The highest BCUT2D eigenvalue weighted by Crippen LogP contribution is 2.47. The number of aliphatic hydroxyl groups is 4. The van der Waals surface area contributed by atoms with Crippen LogP contribution in [0.4, 0.5) is 0 Å². The number of carbonyl (C=O) groups is 4. The second-order valence-corrected chi connectivity index (χ2v) is 25.2. The van der Waals surface area contributed by atoms with Gasteiger partial charge in [-0.15, -0.1) is 0 Å². The Morgan fingerprint density at radius 3 is 0.713 bits per heavy atom. The van der Waals surface area contributed by atoms with Crippen LogP contribution < -0.4 is 0 Å². The largest absolute Gasteiger partial charge is 0.513 e. The molecule has 87 heavy (non-hydrogen) atoms. The van der Waals surface area contributed by atoms with Gasteiger partial charge >= 0.3 is 47.4 Å². The fourth-order valence-corrected chi connectivity index (χ4v) is 11.7. The first-order chi connectivity index (χ1) is 42.1. The van der Waals surface area contributed by atoms with E-state index in [-0.39, 0.29) is 25.7 Å². The molecular formula is C69H130N2O16. The van der Waals surface area contributed by atoms with Gasteiger partial charge in [-0.3, -0.25) is 39.4 Å². The standard InChI is InChI=1S/C69H130N2O16/c1-5-9-13-17-21-25-29-33-37-41-45-49-53-57-61(72)84-66(78)68(71(82)83,85-62(73)58-54-50-46-42-38-34-30-26-22-18-14-10-6-2)67(65(76)77,70(80)81)69(79,86-63(74)59-55-51-47-43-39-35-31-27-23-19-15-11-7-3)87-64(75)60-56-52-48-44-40-36-32-28-24-20-16-12-8-4/h65-66,76-79H,5-60H2,1-4H3.